The van der Waals surface area contributed by atoms with Crippen LogP contribution < -0.4 is 0 Å². The van der Waals surface area contributed by atoms with Crippen LogP contribution in [0.2, 0.25) is 5.02 Å². The van der Waals surface area contributed by atoms with Gasteiger partial charge in [-0.2, -0.15) is 0 Å². The first kappa shape index (κ1) is 12.3. The van der Waals surface area contributed by atoms with Crippen molar-refractivity contribution in [3.8, 4) is 0 Å². The molecule has 4 heteroatoms. The van der Waals surface area contributed by atoms with Gasteiger partial charge in [-0.1, -0.05) is 41.9 Å². The number of nitrogens with zero attached hydrogens (tertiary/aromatic N) is 1. The zero-order valence-electron chi connectivity index (χ0n) is 9.42. The van der Waals surface area contributed by atoms with Crippen LogP contribution in [0.1, 0.15) is 11.1 Å². The minimum Gasteiger partial charge on any atom is -0.258 e. The van der Waals surface area contributed by atoms with Crippen LogP contribution in [-0.2, 0) is 0 Å². The van der Waals surface area contributed by atoms with E-state index in [9.17, 15) is 10.1 Å². The van der Waals surface area contributed by atoms with E-state index in [2.05, 4.69) is 0 Å². The molecule has 3 nitrogen and oxygen atoms in total. The number of nitro groups is 1. The zero-order valence-corrected chi connectivity index (χ0v) is 10.2. The van der Waals surface area contributed by atoms with Gasteiger partial charge in [-0.3, -0.25) is 10.1 Å². The number of benzene rings is 2. The second-order valence-electron chi connectivity index (χ2n) is 3.71. The lowest BCUT2D eigenvalue weighted by molar-refractivity contribution is -0.374. The first-order chi connectivity index (χ1) is 8.66. The molecule has 0 saturated carbocycles. The van der Waals surface area contributed by atoms with Crippen LogP contribution in [0.25, 0.3) is 11.8 Å². The molecule has 0 heterocycles. The summed E-state index contributed by atoms with van der Waals surface area (Å²) in [7, 11) is 0. The molecule has 2 aromatic carbocycles. The summed E-state index contributed by atoms with van der Waals surface area (Å²) in [6.07, 6.45) is 1.52. The monoisotopic (exact) mass is 259 g/mol. The molecule has 0 aliphatic heterocycles. The standard InChI is InChI=1S/C14H10ClNO2/c15-13-8-4-5-11(9-13)10-14(16(17)18)12-6-2-1-3-7-12/h1-10H. The van der Waals surface area contributed by atoms with Crippen molar-refractivity contribution >= 4 is 23.4 Å². The van der Waals surface area contributed by atoms with Crippen molar-refractivity contribution in [3.63, 3.8) is 0 Å². The Hall–Kier alpha value is -2.13. The third-order valence-corrected chi connectivity index (χ3v) is 2.65. The van der Waals surface area contributed by atoms with E-state index in [0.29, 0.717) is 16.1 Å². The van der Waals surface area contributed by atoms with Crippen LogP contribution in [0.3, 0.4) is 0 Å². The SMILES string of the molecule is O=[N+]([O-])C(=Cc1cccc(Cl)c1)c1ccccc1. The fourth-order valence-corrected chi connectivity index (χ4v) is 1.80. The summed E-state index contributed by atoms with van der Waals surface area (Å²) in [5.41, 5.74) is 1.33. The van der Waals surface area contributed by atoms with E-state index in [1.165, 1.54) is 6.08 Å². The van der Waals surface area contributed by atoms with E-state index in [-0.39, 0.29) is 5.70 Å². The molecular formula is C14H10ClNO2. The molecule has 0 aromatic heterocycles. The van der Waals surface area contributed by atoms with Crippen molar-refractivity contribution in [1.29, 1.82) is 0 Å². The Balaban J connectivity index is 2.46. The molecule has 18 heavy (non-hydrogen) atoms. The number of halogens is 1. The van der Waals surface area contributed by atoms with E-state index in [0.717, 1.165) is 0 Å². The highest BCUT2D eigenvalue weighted by Crippen LogP contribution is 2.20. The van der Waals surface area contributed by atoms with Gasteiger partial charge in [0.1, 0.15) is 0 Å². The summed E-state index contributed by atoms with van der Waals surface area (Å²) in [4.78, 5) is 10.7. The van der Waals surface area contributed by atoms with Crippen LogP contribution in [0.15, 0.2) is 54.6 Å². The quantitative estimate of drug-likeness (QED) is 0.473. The number of hydrogen-bond acceptors (Lipinski definition) is 2. The lowest BCUT2D eigenvalue weighted by Gasteiger charge is -1.99. The maximum absolute atomic E-state index is 11.1. The molecule has 0 atom stereocenters. The maximum Gasteiger partial charge on any atom is 0.277 e. The Morgan fingerprint density at radius 1 is 1.11 bits per heavy atom. The summed E-state index contributed by atoms with van der Waals surface area (Å²) in [6.45, 7) is 0. The molecule has 0 saturated heterocycles. The molecule has 0 fully saturated rings. The summed E-state index contributed by atoms with van der Waals surface area (Å²) >= 11 is 5.85. The third kappa shape index (κ3) is 2.96. The molecule has 0 aliphatic rings. The van der Waals surface area contributed by atoms with Gasteiger partial charge in [-0.05, 0) is 29.8 Å². The molecule has 0 amide bonds. The van der Waals surface area contributed by atoms with Crippen LogP contribution >= 0.6 is 11.6 Å². The summed E-state index contributed by atoms with van der Waals surface area (Å²) in [5.74, 6) is 0. The minimum atomic E-state index is -0.393. The van der Waals surface area contributed by atoms with E-state index >= 15 is 0 Å². The fourth-order valence-electron chi connectivity index (χ4n) is 1.60. The second-order valence-corrected chi connectivity index (χ2v) is 4.14. The summed E-state index contributed by atoms with van der Waals surface area (Å²) < 4.78 is 0. The average Bonchev–Trinajstić information content (AvgIpc) is 2.37. The lowest BCUT2D eigenvalue weighted by atomic mass is 10.1. The molecule has 0 unspecified atom stereocenters. The van der Waals surface area contributed by atoms with Gasteiger partial charge in [0.2, 0.25) is 0 Å². The Labute approximate surface area is 109 Å². The highest BCUT2D eigenvalue weighted by Gasteiger charge is 2.13. The van der Waals surface area contributed by atoms with Crippen molar-refractivity contribution in [2.24, 2.45) is 0 Å². The van der Waals surface area contributed by atoms with Crippen LogP contribution in [0, 0.1) is 10.1 Å². The van der Waals surface area contributed by atoms with E-state index < -0.39 is 4.92 Å². The van der Waals surface area contributed by atoms with Crippen molar-refractivity contribution in [2.75, 3.05) is 0 Å². The van der Waals surface area contributed by atoms with E-state index in [1.807, 2.05) is 6.07 Å². The molecular weight excluding hydrogens is 250 g/mol. The maximum atomic E-state index is 11.1. The van der Waals surface area contributed by atoms with Crippen molar-refractivity contribution in [1.82, 2.24) is 0 Å². The van der Waals surface area contributed by atoms with Crippen molar-refractivity contribution in [2.45, 2.75) is 0 Å². The first-order valence-electron chi connectivity index (χ1n) is 5.34. The third-order valence-electron chi connectivity index (χ3n) is 2.42. The summed E-state index contributed by atoms with van der Waals surface area (Å²) in [6, 6.07) is 15.7. The molecule has 0 N–H and O–H groups in total. The van der Waals surface area contributed by atoms with Gasteiger partial charge in [0, 0.05) is 11.1 Å². The van der Waals surface area contributed by atoms with Crippen LogP contribution in [0.4, 0.5) is 0 Å². The van der Waals surface area contributed by atoms with Gasteiger partial charge in [-0.15, -0.1) is 0 Å². The summed E-state index contributed by atoms with van der Waals surface area (Å²) in [5, 5.41) is 11.6. The zero-order chi connectivity index (χ0) is 13.0. The molecule has 0 radical (unpaired) electrons. The van der Waals surface area contributed by atoms with Crippen molar-refractivity contribution in [3.05, 3.63) is 80.9 Å². The van der Waals surface area contributed by atoms with Gasteiger partial charge < -0.3 is 0 Å². The van der Waals surface area contributed by atoms with Gasteiger partial charge in [-0.25, -0.2) is 0 Å². The molecule has 0 bridgehead atoms. The smallest absolute Gasteiger partial charge is 0.258 e. The van der Waals surface area contributed by atoms with Crippen LogP contribution in [-0.4, -0.2) is 4.92 Å². The van der Waals surface area contributed by atoms with Crippen molar-refractivity contribution < 1.29 is 4.92 Å². The van der Waals surface area contributed by atoms with Gasteiger partial charge in [0.15, 0.2) is 0 Å². The Morgan fingerprint density at radius 3 is 2.44 bits per heavy atom. The second kappa shape index (κ2) is 5.47. The highest BCUT2D eigenvalue weighted by atomic mass is 35.5. The Morgan fingerprint density at radius 2 is 1.83 bits per heavy atom. The normalized spacial score (nSPS) is 11.3. The topological polar surface area (TPSA) is 43.1 Å². The predicted molar refractivity (Wildman–Crippen MR) is 72.8 cm³/mol. The average molecular weight is 260 g/mol. The highest BCUT2D eigenvalue weighted by molar-refractivity contribution is 6.30. The Kier molecular flexibility index (Phi) is 3.75. The van der Waals surface area contributed by atoms with Gasteiger partial charge in [0.05, 0.1) is 10.5 Å². The van der Waals surface area contributed by atoms with E-state index in [4.69, 9.17) is 11.6 Å². The fraction of sp³-hybridized carbons (Fsp3) is 0. The van der Waals surface area contributed by atoms with Crippen LogP contribution in [0.5, 0.6) is 0 Å². The molecule has 0 aliphatic carbocycles. The van der Waals surface area contributed by atoms with Gasteiger partial charge >= 0.3 is 0 Å². The number of rotatable bonds is 3. The molecule has 0 spiro atoms. The first-order valence-corrected chi connectivity index (χ1v) is 5.72. The number of hydrogen-bond donors (Lipinski definition) is 0. The lowest BCUT2D eigenvalue weighted by Crippen LogP contribution is -1.97. The Bertz CT molecular complexity index is 594. The van der Waals surface area contributed by atoms with E-state index in [1.54, 1.807) is 48.5 Å². The molecule has 2 aromatic rings. The molecule has 90 valence electrons. The largest absolute Gasteiger partial charge is 0.277 e. The predicted octanol–water partition coefficient (Wildman–Crippen LogP) is 4.11. The minimum absolute atomic E-state index is 0.0536. The molecule has 2 rings (SSSR count). The van der Waals surface area contributed by atoms with Gasteiger partial charge in [0.25, 0.3) is 5.70 Å².